The van der Waals surface area contributed by atoms with Crippen LogP contribution >= 0.6 is 0 Å². The van der Waals surface area contributed by atoms with Gasteiger partial charge in [-0.05, 0) is 105 Å². The summed E-state index contributed by atoms with van der Waals surface area (Å²) in [5, 5.41) is 10.7. The summed E-state index contributed by atoms with van der Waals surface area (Å²) in [5.74, 6) is -3.87. The Balaban J connectivity index is 0.00000161. The molecule has 10 rings (SSSR count). The van der Waals surface area contributed by atoms with Gasteiger partial charge in [-0.2, -0.15) is 0 Å². The van der Waals surface area contributed by atoms with Crippen LogP contribution in [0.2, 0.25) is 0 Å². The highest BCUT2D eigenvalue weighted by molar-refractivity contribution is 5.99. The number of benzene rings is 2. The topological polar surface area (TPSA) is 148 Å². The van der Waals surface area contributed by atoms with Crippen LogP contribution < -0.4 is 26.2 Å². The molecule has 2 aromatic carbocycles. The SMILES string of the molecule is C1CC1.CNc1cc(N2CCc3c(CN4CCC(N5CCC6(CCN(C(=O)c7cc(N8CCCNC8=O)c(C)cc7F)CC6)CC5)C(F)(F)C4)cccc32)nn2c(C(N)=O)cnc12. The fourth-order valence-electron chi connectivity index (χ4n) is 10.3. The highest BCUT2D eigenvalue weighted by Crippen LogP contribution is 2.45. The highest BCUT2D eigenvalue weighted by Gasteiger charge is 2.50. The van der Waals surface area contributed by atoms with Crippen LogP contribution in [0.5, 0.6) is 0 Å². The van der Waals surface area contributed by atoms with E-state index in [-0.39, 0.29) is 35.2 Å². The molecule has 0 radical (unpaired) electrons. The van der Waals surface area contributed by atoms with Crippen LogP contribution in [0.3, 0.4) is 0 Å². The van der Waals surface area contributed by atoms with E-state index in [1.54, 1.807) is 23.8 Å². The molecule has 63 heavy (non-hydrogen) atoms. The van der Waals surface area contributed by atoms with Crippen molar-refractivity contribution in [1.82, 2.24) is 34.6 Å². The third kappa shape index (κ3) is 8.53. The highest BCUT2D eigenvalue weighted by atomic mass is 19.3. The molecule has 1 aliphatic carbocycles. The molecular weight excluding hydrogens is 812 g/mol. The van der Waals surface area contributed by atoms with Crippen LogP contribution in [0.15, 0.2) is 42.6 Å². The fraction of sp³-hybridized carbons (Fsp3) is 0.543. The van der Waals surface area contributed by atoms with E-state index in [0.29, 0.717) is 93.7 Å². The number of amides is 4. The number of nitrogens with two attached hydrogens (primary N) is 1. The first-order chi connectivity index (χ1) is 30.3. The zero-order valence-electron chi connectivity index (χ0n) is 36.3. The number of piperidine rings is 3. The van der Waals surface area contributed by atoms with Crippen molar-refractivity contribution in [2.45, 2.75) is 89.6 Å². The average molecular weight is 870 g/mol. The molecule has 7 heterocycles. The molecule has 2 aromatic heterocycles. The van der Waals surface area contributed by atoms with E-state index in [1.165, 1.54) is 42.1 Å². The average Bonchev–Trinajstić information content (AvgIpc) is 3.99. The lowest BCUT2D eigenvalue weighted by molar-refractivity contribution is -0.139. The predicted molar refractivity (Wildman–Crippen MR) is 236 cm³/mol. The summed E-state index contributed by atoms with van der Waals surface area (Å²) in [6, 6.07) is 9.65. The van der Waals surface area contributed by atoms with Gasteiger partial charge < -0.3 is 26.2 Å². The minimum absolute atomic E-state index is 0.0299. The third-order valence-electron chi connectivity index (χ3n) is 14.1. The number of imidazole rings is 1. The Bertz CT molecular complexity index is 2380. The van der Waals surface area contributed by atoms with Crippen LogP contribution in [0.4, 0.5) is 40.8 Å². The summed E-state index contributed by atoms with van der Waals surface area (Å²) in [6.07, 6.45) is 10.8. The Morgan fingerprint density at radius 3 is 2.37 bits per heavy atom. The molecule has 1 atom stereocenters. The van der Waals surface area contributed by atoms with Gasteiger partial charge in [0, 0.05) is 70.3 Å². The number of nitrogens with one attached hydrogen (secondary N) is 2. The molecule has 6 aliphatic rings. The lowest BCUT2D eigenvalue weighted by atomic mass is 9.70. The Morgan fingerprint density at radius 2 is 1.68 bits per heavy atom. The molecule has 17 heteroatoms. The maximum absolute atomic E-state index is 16.1. The van der Waals surface area contributed by atoms with E-state index in [4.69, 9.17) is 10.8 Å². The number of urea groups is 1. The van der Waals surface area contributed by atoms with Crippen molar-refractivity contribution in [2.75, 3.05) is 81.1 Å². The van der Waals surface area contributed by atoms with Crippen molar-refractivity contribution in [3.63, 3.8) is 0 Å². The summed E-state index contributed by atoms with van der Waals surface area (Å²) in [7, 11) is 1.77. The van der Waals surface area contributed by atoms with Crippen LogP contribution in [0.25, 0.3) is 5.65 Å². The normalized spacial score (nSPS) is 22.1. The lowest BCUT2D eigenvalue weighted by Gasteiger charge is -2.51. The van der Waals surface area contributed by atoms with Gasteiger partial charge in [0.15, 0.2) is 11.5 Å². The Labute approximate surface area is 365 Å². The number of aryl methyl sites for hydroxylation is 1. The number of carbonyl (C=O) groups is 3. The van der Waals surface area contributed by atoms with E-state index in [2.05, 4.69) is 20.5 Å². The summed E-state index contributed by atoms with van der Waals surface area (Å²) in [6.45, 7) is 6.25. The molecule has 4 amide bonds. The first-order valence-electron chi connectivity index (χ1n) is 22.6. The number of aromatic nitrogens is 3. The summed E-state index contributed by atoms with van der Waals surface area (Å²) >= 11 is 0. The first kappa shape index (κ1) is 42.9. The van der Waals surface area contributed by atoms with Crippen LogP contribution in [-0.4, -0.2) is 125 Å². The third-order valence-corrected chi connectivity index (χ3v) is 14.1. The molecule has 336 valence electrons. The van der Waals surface area contributed by atoms with E-state index in [0.717, 1.165) is 55.3 Å². The number of halogens is 3. The zero-order valence-corrected chi connectivity index (χ0v) is 36.3. The van der Waals surface area contributed by atoms with E-state index in [9.17, 15) is 14.4 Å². The number of hydrogen-bond acceptors (Lipinski definition) is 9. The van der Waals surface area contributed by atoms with Crippen LogP contribution in [0, 0.1) is 18.2 Å². The van der Waals surface area contributed by atoms with E-state index < -0.39 is 23.7 Å². The fourth-order valence-corrected chi connectivity index (χ4v) is 10.3. The Morgan fingerprint density at radius 1 is 0.937 bits per heavy atom. The molecule has 14 nitrogen and oxygen atoms in total. The lowest BCUT2D eigenvalue weighted by Crippen LogP contribution is -2.60. The van der Waals surface area contributed by atoms with Crippen molar-refractivity contribution in [2.24, 2.45) is 11.1 Å². The van der Waals surface area contributed by atoms with Gasteiger partial charge in [0.1, 0.15) is 11.5 Å². The number of carbonyl (C=O) groups excluding carboxylic acids is 3. The van der Waals surface area contributed by atoms with Crippen molar-refractivity contribution < 1.29 is 27.6 Å². The quantitative estimate of drug-likeness (QED) is 0.185. The number of hydrogen-bond donors (Lipinski definition) is 3. The van der Waals surface area contributed by atoms with Gasteiger partial charge >= 0.3 is 6.03 Å². The number of nitrogens with zero attached hydrogens (tertiary/aromatic N) is 8. The number of fused-ring (bicyclic) bond motifs is 2. The second-order valence-corrected chi connectivity index (χ2v) is 18.2. The van der Waals surface area contributed by atoms with E-state index >= 15 is 13.2 Å². The molecule has 4 saturated heterocycles. The Hall–Kier alpha value is -5.42. The minimum atomic E-state index is -2.89. The molecular formula is C46H58F3N11O3. The van der Waals surface area contributed by atoms with Crippen molar-refractivity contribution in [1.29, 1.82) is 0 Å². The zero-order chi connectivity index (χ0) is 44.0. The number of likely N-dealkylation sites (tertiary alicyclic amines) is 3. The summed E-state index contributed by atoms with van der Waals surface area (Å²) < 4.78 is 49.0. The molecule has 5 fully saturated rings. The monoisotopic (exact) mass is 869 g/mol. The summed E-state index contributed by atoms with van der Waals surface area (Å²) in [5.41, 5.74) is 11.1. The minimum Gasteiger partial charge on any atom is -0.385 e. The van der Waals surface area contributed by atoms with Gasteiger partial charge in [0.25, 0.3) is 17.7 Å². The van der Waals surface area contributed by atoms with Gasteiger partial charge in [0.05, 0.1) is 30.0 Å². The molecule has 1 unspecified atom stereocenters. The number of rotatable bonds is 8. The number of anilines is 4. The van der Waals surface area contributed by atoms with Crippen LogP contribution in [0.1, 0.15) is 95.3 Å². The molecule has 4 N–H and O–H groups in total. The number of primary amides is 1. The van der Waals surface area contributed by atoms with Crippen molar-refractivity contribution >= 4 is 46.4 Å². The van der Waals surface area contributed by atoms with Crippen molar-refractivity contribution in [3.8, 4) is 0 Å². The van der Waals surface area contributed by atoms with Crippen LogP contribution in [-0.2, 0) is 13.0 Å². The first-order valence-corrected chi connectivity index (χ1v) is 22.6. The predicted octanol–water partition coefficient (Wildman–Crippen LogP) is 6.33. The smallest absolute Gasteiger partial charge is 0.321 e. The summed E-state index contributed by atoms with van der Waals surface area (Å²) in [4.78, 5) is 51.8. The largest absolute Gasteiger partial charge is 0.385 e. The maximum atomic E-state index is 16.1. The second-order valence-electron chi connectivity index (χ2n) is 18.2. The number of alkyl halides is 2. The standard InChI is InChI=1S/C43H52F3N11O3.C3H6/c1-27-21-31(44)30(22-34(27)56-14-4-13-49-41(56)60)40(59)54-19-11-42(12-20-54)9-17-53(18-10-42)36-8-15-52(26-43(36,45)46)25-28-5-3-6-33-29(28)7-16-55(33)37-23-32(48-2)39-50-24-35(38(47)58)57(39)51-37;1-2-3-1/h3,5-6,21-24,36,48H,4,7-20,25-26H2,1-2H3,(H2,47,58)(H,49,60);1-3H2. The van der Waals surface area contributed by atoms with Gasteiger partial charge in [-0.1, -0.05) is 31.4 Å². The maximum Gasteiger partial charge on any atom is 0.321 e. The molecule has 1 saturated carbocycles. The van der Waals surface area contributed by atoms with Gasteiger partial charge in [-0.15, -0.1) is 5.10 Å². The molecule has 0 bridgehead atoms. The molecule has 1 spiro atoms. The van der Waals surface area contributed by atoms with E-state index in [1.807, 2.05) is 34.1 Å². The van der Waals surface area contributed by atoms with Crippen molar-refractivity contribution in [3.05, 3.63) is 76.4 Å². The molecule has 5 aliphatic heterocycles. The molecule has 4 aromatic rings. The van der Waals surface area contributed by atoms with Gasteiger partial charge in [0.2, 0.25) is 0 Å². The van der Waals surface area contributed by atoms with Gasteiger partial charge in [-0.3, -0.25) is 24.3 Å². The van der Waals surface area contributed by atoms with Gasteiger partial charge in [-0.25, -0.2) is 27.5 Å². The second kappa shape index (κ2) is 17.3. The Kier molecular flexibility index (Phi) is 11.8.